The fourth-order valence-corrected chi connectivity index (χ4v) is 3.88. The summed E-state index contributed by atoms with van der Waals surface area (Å²) in [5.74, 6) is -0.0878. The van der Waals surface area contributed by atoms with Crippen LogP contribution in [0.5, 0.6) is 0 Å². The number of hydrogen-bond donors (Lipinski definition) is 3. The Kier molecular flexibility index (Phi) is 6.18. The van der Waals surface area contributed by atoms with Crippen LogP contribution in [0.2, 0.25) is 0 Å². The van der Waals surface area contributed by atoms with Crippen LogP contribution in [-0.4, -0.2) is 18.0 Å². The second-order valence-electron chi connectivity index (χ2n) is 7.57. The zero-order valence-corrected chi connectivity index (χ0v) is 17.6. The van der Waals surface area contributed by atoms with Gasteiger partial charge in [0, 0.05) is 17.3 Å². The number of carbonyl (C=O) groups excluding carboxylic acids is 2. The summed E-state index contributed by atoms with van der Waals surface area (Å²) in [4.78, 5) is 24.7. The van der Waals surface area contributed by atoms with Crippen LogP contribution in [0, 0.1) is 0 Å². The number of hydrogen-bond acceptors (Lipinski definition) is 3. The number of urea groups is 1. The Morgan fingerprint density at radius 2 is 1.84 bits per heavy atom. The molecule has 0 spiro atoms. The van der Waals surface area contributed by atoms with E-state index in [4.69, 9.17) is 0 Å². The Morgan fingerprint density at radius 1 is 1.03 bits per heavy atom. The molecule has 3 aromatic rings. The van der Waals surface area contributed by atoms with Crippen molar-refractivity contribution >= 4 is 34.6 Å². The molecular weight excluding hydrogens is 439 g/mol. The van der Waals surface area contributed by atoms with E-state index >= 15 is 0 Å². The molecule has 1 heterocycles. The van der Waals surface area contributed by atoms with E-state index in [1.165, 1.54) is 23.5 Å². The summed E-state index contributed by atoms with van der Waals surface area (Å²) in [5.41, 5.74) is 1.99. The van der Waals surface area contributed by atoms with Crippen molar-refractivity contribution in [3.8, 4) is 11.1 Å². The highest BCUT2D eigenvalue weighted by Crippen LogP contribution is 2.32. The summed E-state index contributed by atoms with van der Waals surface area (Å²) < 4.78 is 38.8. The number of thiophene rings is 1. The fraction of sp³-hybridized carbons (Fsp3) is 0.217. The molecule has 3 N–H and O–H groups in total. The van der Waals surface area contributed by atoms with Crippen molar-refractivity contribution < 1.29 is 22.8 Å². The van der Waals surface area contributed by atoms with E-state index < -0.39 is 17.8 Å². The van der Waals surface area contributed by atoms with Crippen LogP contribution < -0.4 is 16.0 Å². The number of benzene rings is 2. The Bertz CT molecular complexity index is 1130. The van der Waals surface area contributed by atoms with Crippen molar-refractivity contribution in [2.45, 2.75) is 31.5 Å². The highest BCUT2D eigenvalue weighted by atomic mass is 32.1. The molecule has 1 aliphatic carbocycles. The molecule has 0 aliphatic heterocycles. The summed E-state index contributed by atoms with van der Waals surface area (Å²) in [6, 6.07) is 11.3. The molecule has 0 bridgehead atoms. The first kappa shape index (κ1) is 21.9. The Balaban J connectivity index is 1.53. The molecule has 4 rings (SSSR count). The number of rotatable bonds is 6. The highest BCUT2D eigenvalue weighted by Gasteiger charge is 2.30. The number of halogens is 3. The average molecular weight is 459 g/mol. The lowest BCUT2D eigenvalue weighted by Gasteiger charge is -2.14. The highest BCUT2D eigenvalue weighted by molar-refractivity contribution is 7.08. The number of amides is 3. The summed E-state index contributed by atoms with van der Waals surface area (Å²) >= 11 is 1.50. The first-order valence-electron chi connectivity index (χ1n) is 9.98. The van der Waals surface area contributed by atoms with Crippen LogP contribution >= 0.6 is 11.3 Å². The molecule has 1 aromatic heterocycles. The van der Waals surface area contributed by atoms with E-state index in [0.29, 0.717) is 5.69 Å². The van der Waals surface area contributed by atoms with Gasteiger partial charge in [-0.1, -0.05) is 18.2 Å². The van der Waals surface area contributed by atoms with Gasteiger partial charge in [0.1, 0.15) is 0 Å². The standard InChI is InChI=1S/C23H20F3N3O2S/c24-23(25,26)16-2-1-3-18(12-16)28-22(31)29-20-10-14(11-21(30)27-17-5-6-17)4-7-19(20)15-8-9-32-13-15/h1-4,7-10,12-13,17H,5-6,11H2,(H,27,30)(H2,28,29,31). The van der Waals surface area contributed by atoms with Gasteiger partial charge in [-0.05, 0) is 65.1 Å². The largest absolute Gasteiger partial charge is 0.416 e. The molecule has 0 radical (unpaired) electrons. The number of alkyl halides is 3. The lowest BCUT2D eigenvalue weighted by molar-refractivity contribution is -0.137. The lowest BCUT2D eigenvalue weighted by Crippen LogP contribution is -2.27. The van der Waals surface area contributed by atoms with Gasteiger partial charge in [0.25, 0.3) is 0 Å². The third kappa shape index (κ3) is 5.67. The molecule has 5 nitrogen and oxygen atoms in total. The van der Waals surface area contributed by atoms with Gasteiger partial charge in [0.15, 0.2) is 0 Å². The Labute approximate surface area is 186 Å². The van der Waals surface area contributed by atoms with E-state index in [0.717, 1.165) is 41.7 Å². The van der Waals surface area contributed by atoms with Gasteiger partial charge in [0.2, 0.25) is 5.91 Å². The Hall–Kier alpha value is -3.33. The maximum atomic E-state index is 12.9. The van der Waals surface area contributed by atoms with Crippen molar-refractivity contribution in [2.75, 3.05) is 10.6 Å². The van der Waals surface area contributed by atoms with E-state index in [1.54, 1.807) is 6.07 Å². The van der Waals surface area contributed by atoms with Gasteiger partial charge in [-0.25, -0.2) is 4.79 Å². The first-order valence-corrected chi connectivity index (χ1v) is 10.9. The van der Waals surface area contributed by atoms with E-state index in [2.05, 4.69) is 16.0 Å². The molecule has 1 fully saturated rings. The zero-order chi connectivity index (χ0) is 22.7. The zero-order valence-electron chi connectivity index (χ0n) is 16.8. The number of anilines is 2. The quantitative estimate of drug-likeness (QED) is 0.430. The number of carbonyl (C=O) groups is 2. The summed E-state index contributed by atoms with van der Waals surface area (Å²) in [6.45, 7) is 0. The van der Waals surface area contributed by atoms with Crippen LogP contribution in [0.1, 0.15) is 24.0 Å². The fourth-order valence-electron chi connectivity index (χ4n) is 3.22. The summed E-state index contributed by atoms with van der Waals surface area (Å²) in [7, 11) is 0. The van der Waals surface area contributed by atoms with Crippen molar-refractivity contribution in [2.24, 2.45) is 0 Å². The molecule has 2 aromatic carbocycles. The van der Waals surface area contributed by atoms with E-state index in [9.17, 15) is 22.8 Å². The minimum Gasteiger partial charge on any atom is -0.353 e. The molecule has 0 unspecified atom stereocenters. The minimum absolute atomic E-state index is 0.0226. The van der Waals surface area contributed by atoms with Crippen molar-refractivity contribution in [1.29, 1.82) is 0 Å². The van der Waals surface area contributed by atoms with Gasteiger partial charge >= 0.3 is 12.2 Å². The molecule has 0 atom stereocenters. The molecule has 3 amide bonds. The topological polar surface area (TPSA) is 70.2 Å². The summed E-state index contributed by atoms with van der Waals surface area (Å²) in [6.07, 6.45) is -2.35. The van der Waals surface area contributed by atoms with Gasteiger partial charge in [-0.2, -0.15) is 24.5 Å². The second-order valence-corrected chi connectivity index (χ2v) is 8.35. The predicted octanol–water partition coefficient (Wildman–Crippen LogP) is 5.90. The van der Waals surface area contributed by atoms with Crippen LogP contribution in [0.4, 0.5) is 29.3 Å². The van der Waals surface area contributed by atoms with Crippen LogP contribution in [0.25, 0.3) is 11.1 Å². The SMILES string of the molecule is O=C(Cc1ccc(-c2ccsc2)c(NC(=O)Nc2cccc(C(F)(F)F)c2)c1)NC1CC1. The molecule has 166 valence electrons. The van der Waals surface area contributed by atoms with Gasteiger partial charge in [0.05, 0.1) is 17.7 Å². The molecule has 32 heavy (non-hydrogen) atoms. The number of nitrogens with one attached hydrogen (secondary N) is 3. The maximum absolute atomic E-state index is 12.9. The monoisotopic (exact) mass is 459 g/mol. The lowest BCUT2D eigenvalue weighted by atomic mass is 10.0. The first-order chi connectivity index (χ1) is 15.3. The van der Waals surface area contributed by atoms with E-state index in [1.807, 2.05) is 29.0 Å². The summed E-state index contributed by atoms with van der Waals surface area (Å²) in [5, 5.41) is 11.9. The van der Waals surface area contributed by atoms with Crippen molar-refractivity contribution in [3.05, 3.63) is 70.4 Å². The van der Waals surface area contributed by atoms with Crippen LogP contribution in [0.3, 0.4) is 0 Å². The normalized spacial score (nSPS) is 13.5. The van der Waals surface area contributed by atoms with E-state index in [-0.39, 0.29) is 24.1 Å². The molecule has 0 saturated heterocycles. The van der Waals surface area contributed by atoms with Crippen LogP contribution in [0.15, 0.2) is 59.3 Å². The van der Waals surface area contributed by atoms with Crippen molar-refractivity contribution in [3.63, 3.8) is 0 Å². The molecule has 1 aliphatic rings. The van der Waals surface area contributed by atoms with Crippen LogP contribution in [-0.2, 0) is 17.4 Å². The van der Waals surface area contributed by atoms with Gasteiger partial charge in [-0.15, -0.1) is 0 Å². The van der Waals surface area contributed by atoms with Gasteiger partial charge in [-0.3, -0.25) is 4.79 Å². The average Bonchev–Trinajstić information content (AvgIpc) is 3.36. The third-order valence-electron chi connectivity index (χ3n) is 4.92. The Morgan fingerprint density at radius 3 is 2.53 bits per heavy atom. The van der Waals surface area contributed by atoms with Gasteiger partial charge < -0.3 is 16.0 Å². The second kappa shape index (κ2) is 9.04. The van der Waals surface area contributed by atoms with Crippen molar-refractivity contribution in [1.82, 2.24) is 5.32 Å². The molecule has 1 saturated carbocycles. The predicted molar refractivity (Wildman–Crippen MR) is 119 cm³/mol. The third-order valence-corrected chi connectivity index (χ3v) is 5.60. The smallest absolute Gasteiger partial charge is 0.353 e. The molecular formula is C23H20F3N3O2S. The maximum Gasteiger partial charge on any atom is 0.416 e. The minimum atomic E-state index is -4.50. The molecule has 9 heteroatoms.